The molecule has 1 N–H and O–H groups in total. The molecular weight excluding hydrogens is 194 g/mol. The summed E-state index contributed by atoms with van der Waals surface area (Å²) in [5, 5.41) is 3.43. The van der Waals surface area contributed by atoms with E-state index >= 15 is 0 Å². The maximum Gasteiger partial charge on any atom is 0.310 e. The van der Waals surface area contributed by atoms with E-state index in [4.69, 9.17) is 9.47 Å². The Labute approximate surface area is 90.3 Å². The van der Waals surface area contributed by atoms with E-state index in [0.29, 0.717) is 18.6 Å². The highest BCUT2D eigenvalue weighted by Gasteiger charge is 2.35. The van der Waals surface area contributed by atoms with Gasteiger partial charge in [0.1, 0.15) is 0 Å². The Morgan fingerprint density at radius 2 is 2.47 bits per heavy atom. The largest absolute Gasteiger partial charge is 0.466 e. The van der Waals surface area contributed by atoms with Gasteiger partial charge in [-0.25, -0.2) is 0 Å². The van der Waals surface area contributed by atoms with Crippen LogP contribution in [0.1, 0.15) is 19.8 Å². The molecule has 0 spiro atoms. The summed E-state index contributed by atoms with van der Waals surface area (Å²) < 4.78 is 10.5. The van der Waals surface area contributed by atoms with Gasteiger partial charge < -0.3 is 14.8 Å². The van der Waals surface area contributed by atoms with Crippen molar-refractivity contribution in [2.45, 2.75) is 25.8 Å². The van der Waals surface area contributed by atoms with E-state index in [0.717, 1.165) is 32.6 Å². The first-order valence-electron chi connectivity index (χ1n) is 5.79. The second kappa shape index (κ2) is 4.94. The minimum atomic E-state index is -0.0611. The van der Waals surface area contributed by atoms with E-state index in [1.54, 1.807) is 0 Å². The van der Waals surface area contributed by atoms with Gasteiger partial charge in [0.15, 0.2) is 0 Å². The molecule has 2 saturated heterocycles. The molecule has 0 bridgehead atoms. The van der Waals surface area contributed by atoms with Crippen molar-refractivity contribution in [3.63, 3.8) is 0 Å². The number of nitrogens with one attached hydrogen (secondary N) is 1. The lowest BCUT2D eigenvalue weighted by Gasteiger charge is -2.38. The molecule has 2 fully saturated rings. The van der Waals surface area contributed by atoms with Gasteiger partial charge in [-0.05, 0) is 25.7 Å². The molecule has 0 aromatic heterocycles. The van der Waals surface area contributed by atoms with E-state index in [-0.39, 0.29) is 11.9 Å². The molecule has 2 heterocycles. The number of hydrogen-bond donors (Lipinski definition) is 1. The van der Waals surface area contributed by atoms with Gasteiger partial charge >= 0.3 is 5.97 Å². The average Bonchev–Trinajstić information content (AvgIpc) is 2.29. The van der Waals surface area contributed by atoms with Gasteiger partial charge in [0.2, 0.25) is 0 Å². The molecule has 86 valence electrons. The molecule has 4 heteroatoms. The molecule has 0 amide bonds. The Kier molecular flexibility index (Phi) is 3.59. The van der Waals surface area contributed by atoms with Crippen LogP contribution in [0.25, 0.3) is 0 Å². The first kappa shape index (κ1) is 10.9. The SMILES string of the molecule is CCOC(=O)[C@H]1CN[C@H]2CCOC[C@H]2C1. The maximum atomic E-state index is 11.6. The summed E-state index contributed by atoms with van der Waals surface area (Å²) in [6, 6.07) is 0.546. The summed E-state index contributed by atoms with van der Waals surface area (Å²) in [6.45, 7) is 4.71. The molecule has 15 heavy (non-hydrogen) atoms. The lowest BCUT2D eigenvalue weighted by molar-refractivity contribution is -0.150. The van der Waals surface area contributed by atoms with E-state index < -0.39 is 0 Å². The lowest BCUT2D eigenvalue weighted by atomic mass is 9.82. The van der Waals surface area contributed by atoms with E-state index in [9.17, 15) is 4.79 Å². The Morgan fingerprint density at radius 1 is 1.60 bits per heavy atom. The third-order valence-corrected chi connectivity index (χ3v) is 3.31. The van der Waals surface area contributed by atoms with E-state index in [1.165, 1.54) is 0 Å². The number of esters is 1. The fourth-order valence-corrected chi connectivity index (χ4v) is 2.48. The number of rotatable bonds is 2. The average molecular weight is 213 g/mol. The predicted octanol–water partition coefficient (Wildman–Crippen LogP) is 0.564. The highest BCUT2D eigenvalue weighted by molar-refractivity contribution is 5.72. The van der Waals surface area contributed by atoms with Crippen LogP contribution in [0.3, 0.4) is 0 Å². The van der Waals surface area contributed by atoms with Gasteiger partial charge in [-0.1, -0.05) is 0 Å². The zero-order valence-corrected chi connectivity index (χ0v) is 9.20. The van der Waals surface area contributed by atoms with Crippen molar-refractivity contribution in [1.82, 2.24) is 5.32 Å². The molecule has 0 saturated carbocycles. The molecule has 2 rings (SSSR count). The number of fused-ring (bicyclic) bond motifs is 1. The fourth-order valence-electron chi connectivity index (χ4n) is 2.48. The fraction of sp³-hybridized carbons (Fsp3) is 0.909. The van der Waals surface area contributed by atoms with Crippen LogP contribution in [0.5, 0.6) is 0 Å². The number of hydrogen-bond acceptors (Lipinski definition) is 4. The predicted molar refractivity (Wildman–Crippen MR) is 55.5 cm³/mol. The standard InChI is InChI=1S/C11H19NO3/c1-2-15-11(13)8-5-9-7-14-4-3-10(9)12-6-8/h8-10,12H,2-7H2,1H3/t8-,9-,10+/m1/s1. The van der Waals surface area contributed by atoms with Gasteiger partial charge in [0.05, 0.1) is 19.1 Å². The minimum absolute atomic E-state index is 0.0212. The van der Waals surface area contributed by atoms with Gasteiger partial charge in [-0.3, -0.25) is 4.79 Å². The second-order valence-corrected chi connectivity index (χ2v) is 4.32. The quantitative estimate of drug-likeness (QED) is 0.681. The molecule has 0 aromatic carbocycles. The van der Waals surface area contributed by atoms with Crippen LogP contribution >= 0.6 is 0 Å². The number of ether oxygens (including phenoxy) is 2. The molecule has 0 radical (unpaired) electrons. The van der Waals surface area contributed by atoms with Crippen LogP contribution in [0.4, 0.5) is 0 Å². The molecule has 4 nitrogen and oxygen atoms in total. The molecule has 3 atom stereocenters. The summed E-state index contributed by atoms with van der Waals surface area (Å²) in [6.07, 6.45) is 1.98. The van der Waals surface area contributed by atoms with E-state index in [2.05, 4.69) is 5.32 Å². The minimum Gasteiger partial charge on any atom is -0.466 e. The van der Waals surface area contributed by atoms with Gasteiger partial charge in [0.25, 0.3) is 0 Å². The molecule has 2 aliphatic rings. The Hall–Kier alpha value is -0.610. The maximum absolute atomic E-state index is 11.6. The number of carbonyl (C=O) groups is 1. The topological polar surface area (TPSA) is 47.6 Å². The van der Waals surface area contributed by atoms with Crippen molar-refractivity contribution < 1.29 is 14.3 Å². The van der Waals surface area contributed by atoms with Crippen LogP contribution in [0.2, 0.25) is 0 Å². The van der Waals surface area contributed by atoms with Gasteiger partial charge in [0, 0.05) is 19.2 Å². The summed E-state index contributed by atoms with van der Waals surface area (Å²) >= 11 is 0. The van der Waals surface area contributed by atoms with Crippen LogP contribution in [-0.2, 0) is 14.3 Å². The zero-order chi connectivity index (χ0) is 10.7. The Morgan fingerprint density at radius 3 is 3.27 bits per heavy atom. The highest BCUT2D eigenvalue weighted by atomic mass is 16.5. The molecule has 0 aliphatic carbocycles. The van der Waals surface area contributed by atoms with E-state index in [1.807, 2.05) is 6.92 Å². The van der Waals surface area contributed by atoms with Crippen molar-refractivity contribution in [2.24, 2.45) is 11.8 Å². The summed E-state index contributed by atoms with van der Waals surface area (Å²) in [7, 11) is 0. The Bertz CT molecular complexity index is 232. The molecule has 2 aliphatic heterocycles. The van der Waals surface area contributed by atoms with Crippen molar-refractivity contribution in [1.29, 1.82) is 0 Å². The normalized spacial score (nSPS) is 35.7. The van der Waals surface area contributed by atoms with Crippen LogP contribution < -0.4 is 5.32 Å². The first-order chi connectivity index (χ1) is 7.31. The van der Waals surface area contributed by atoms with Gasteiger partial charge in [-0.2, -0.15) is 0 Å². The van der Waals surface area contributed by atoms with Crippen molar-refractivity contribution in [2.75, 3.05) is 26.4 Å². The molecular formula is C11H19NO3. The second-order valence-electron chi connectivity index (χ2n) is 4.32. The molecule has 0 aromatic rings. The summed E-state index contributed by atoms with van der Waals surface area (Å²) in [5.74, 6) is 0.448. The lowest BCUT2D eigenvalue weighted by Crippen LogP contribution is -2.51. The number of carbonyl (C=O) groups excluding carboxylic acids is 1. The van der Waals surface area contributed by atoms with Crippen molar-refractivity contribution in [3.05, 3.63) is 0 Å². The smallest absolute Gasteiger partial charge is 0.310 e. The number of piperidine rings is 1. The third-order valence-electron chi connectivity index (χ3n) is 3.31. The highest BCUT2D eigenvalue weighted by Crippen LogP contribution is 2.27. The van der Waals surface area contributed by atoms with Crippen LogP contribution in [-0.4, -0.2) is 38.4 Å². The third kappa shape index (κ3) is 2.49. The zero-order valence-electron chi connectivity index (χ0n) is 9.20. The first-order valence-corrected chi connectivity index (χ1v) is 5.79. The summed E-state index contributed by atoms with van der Waals surface area (Å²) in [5.41, 5.74) is 0. The van der Waals surface area contributed by atoms with Gasteiger partial charge in [-0.15, -0.1) is 0 Å². The van der Waals surface area contributed by atoms with Crippen LogP contribution in [0, 0.1) is 11.8 Å². The van der Waals surface area contributed by atoms with Crippen LogP contribution in [0.15, 0.2) is 0 Å². The summed E-state index contributed by atoms with van der Waals surface area (Å²) in [4.78, 5) is 11.6. The van der Waals surface area contributed by atoms with Crippen molar-refractivity contribution in [3.8, 4) is 0 Å². The molecule has 0 unspecified atom stereocenters. The monoisotopic (exact) mass is 213 g/mol. The Balaban J connectivity index is 1.87. The van der Waals surface area contributed by atoms with Crippen molar-refractivity contribution >= 4 is 5.97 Å².